The molecule has 1 fully saturated rings. The highest BCUT2D eigenvalue weighted by Crippen LogP contribution is 2.43. The minimum Gasteiger partial charge on any atom is -0.273 e. The summed E-state index contributed by atoms with van der Waals surface area (Å²) in [6, 6.07) is 0. The number of rotatable bonds is 2. The second-order valence-electron chi connectivity index (χ2n) is 4.01. The Morgan fingerprint density at radius 2 is 2.47 bits per heavy atom. The van der Waals surface area contributed by atoms with E-state index in [0.717, 1.165) is 24.2 Å². The molecular weight excluding hydrogens is 192 g/mol. The van der Waals surface area contributed by atoms with Gasteiger partial charge in [-0.25, -0.2) is 5.43 Å². The van der Waals surface area contributed by atoms with Crippen LogP contribution in [0.5, 0.6) is 0 Å². The summed E-state index contributed by atoms with van der Waals surface area (Å²) in [5, 5.41) is 8.32. The average Bonchev–Trinajstić information content (AvgIpc) is 2.91. The van der Waals surface area contributed by atoms with E-state index >= 15 is 0 Å². The van der Waals surface area contributed by atoms with E-state index < -0.39 is 0 Å². The minimum atomic E-state index is 0.0617. The van der Waals surface area contributed by atoms with E-state index in [1.807, 2.05) is 24.0 Å². The van der Waals surface area contributed by atoms with Gasteiger partial charge >= 0.3 is 0 Å². The number of aromatic nitrogens is 2. The van der Waals surface area contributed by atoms with E-state index in [-0.39, 0.29) is 11.8 Å². The van der Waals surface area contributed by atoms with Gasteiger partial charge in [-0.3, -0.25) is 9.48 Å². The summed E-state index contributed by atoms with van der Waals surface area (Å²) in [6.45, 7) is 2.90. The predicted molar refractivity (Wildman–Crippen MR) is 54.2 cm³/mol. The molecule has 5 heteroatoms. The average molecular weight is 204 g/mol. The van der Waals surface area contributed by atoms with Gasteiger partial charge in [0, 0.05) is 30.1 Å². The van der Waals surface area contributed by atoms with E-state index in [4.69, 9.17) is 0 Å². The number of nitrogens with zero attached hydrogens (tertiary/aromatic N) is 3. The van der Waals surface area contributed by atoms with E-state index in [2.05, 4.69) is 15.6 Å². The number of hydrogen-bond acceptors (Lipinski definition) is 3. The van der Waals surface area contributed by atoms with Crippen molar-refractivity contribution in [1.82, 2.24) is 15.2 Å². The molecule has 1 aliphatic heterocycles. The number of carbonyl (C=O) groups excluding carboxylic acids is 1. The Labute approximate surface area is 87.2 Å². The van der Waals surface area contributed by atoms with E-state index in [1.165, 1.54) is 0 Å². The first-order chi connectivity index (χ1) is 7.29. The van der Waals surface area contributed by atoms with Crippen LogP contribution < -0.4 is 5.43 Å². The Hall–Kier alpha value is -1.65. The molecule has 2 aliphatic rings. The van der Waals surface area contributed by atoms with Gasteiger partial charge in [-0.2, -0.15) is 10.2 Å². The van der Waals surface area contributed by atoms with E-state index in [1.54, 1.807) is 0 Å². The lowest BCUT2D eigenvalue weighted by atomic mass is 10.1. The highest BCUT2D eigenvalue weighted by Gasteiger charge is 2.49. The van der Waals surface area contributed by atoms with Crippen molar-refractivity contribution < 1.29 is 4.79 Å². The summed E-state index contributed by atoms with van der Waals surface area (Å²) in [5.41, 5.74) is 4.58. The number of hydrazone groups is 1. The van der Waals surface area contributed by atoms with Gasteiger partial charge in [0.25, 0.3) is 0 Å². The van der Waals surface area contributed by atoms with Crippen LogP contribution in [0.1, 0.15) is 18.9 Å². The van der Waals surface area contributed by atoms with Crippen LogP contribution in [-0.4, -0.2) is 21.4 Å². The zero-order chi connectivity index (χ0) is 10.4. The van der Waals surface area contributed by atoms with Gasteiger partial charge in [0.15, 0.2) is 0 Å². The molecular formula is C10H12N4O. The van der Waals surface area contributed by atoms with Crippen LogP contribution in [0.4, 0.5) is 0 Å². The maximum atomic E-state index is 11.2. The maximum absolute atomic E-state index is 11.2. The zero-order valence-electron chi connectivity index (χ0n) is 8.47. The third-order valence-corrected chi connectivity index (χ3v) is 3.02. The standard InChI is InChI=1S/C10H12N4O/c1-2-14-5-6(4-11-14)9-7-3-8(7)10(15)13-12-9/h4-5,7-8H,2-3H2,1H3,(H,13,15)/t7-,8-/m1/s1. The fourth-order valence-electron chi connectivity index (χ4n) is 2.02. The normalized spacial score (nSPS) is 28.1. The molecule has 0 bridgehead atoms. The van der Waals surface area contributed by atoms with Gasteiger partial charge in [0.1, 0.15) is 0 Å². The number of fused-ring (bicyclic) bond motifs is 1. The van der Waals surface area contributed by atoms with Gasteiger partial charge in [-0.15, -0.1) is 0 Å². The third kappa shape index (κ3) is 1.26. The first-order valence-corrected chi connectivity index (χ1v) is 5.20. The fraction of sp³-hybridized carbons (Fsp3) is 0.500. The van der Waals surface area contributed by atoms with Gasteiger partial charge in [-0.1, -0.05) is 0 Å². The number of hydrogen-bond donors (Lipinski definition) is 1. The monoisotopic (exact) mass is 204 g/mol. The summed E-state index contributed by atoms with van der Waals surface area (Å²) < 4.78 is 1.87. The van der Waals surface area contributed by atoms with Gasteiger partial charge < -0.3 is 0 Å². The molecule has 0 spiro atoms. The summed E-state index contributed by atoms with van der Waals surface area (Å²) in [7, 11) is 0. The van der Waals surface area contributed by atoms with Crippen LogP contribution in [-0.2, 0) is 11.3 Å². The minimum absolute atomic E-state index is 0.0617. The first kappa shape index (κ1) is 8.64. The number of nitrogens with one attached hydrogen (secondary N) is 1. The van der Waals surface area contributed by atoms with Crippen molar-refractivity contribution in [2.75, 3.05) is 0 Å². The van der Waals surface area contributed by atoms with Crippen molar-refractivity contribution in [3.63, 3.8) is 0 Å². The second-order valence-corrected chi connectivity index (χ2v) is 4.01. The highest BCUT2D eigenvalue weighted by molar-refractivity contribution is 6.09. The molecule has 0 aromatic carbocycles. The summed E-state index contributed by atoms with van der Waals surface area (Å²) in [4.78, 5) is 11.2. The van der Waals surface area contributed by atoms with Crippen LogP contribution in [0, 0.1) is 11.8 Å². The Bertz CT molecular complexity index is 448. The fourth-order valence-corrected chi connectivity index (χ4v) is 2.02. The zero-order valence-corrected chi connectivity index (χ0v) is 8.47. The third-order valence-electron chi connectivity index (χ3n) is 3.02. The quantitative estimate of drug-likeness (QED) is 0.756. The molecule has 1 aromatic heterocycles. The predicted octanol–water partition coefficient (Wildman–Crippen LogP) is 0.373. The topological polar surface area (TPSA) is 59.3 Å². The summed E-state index contributed by atoms with van der Waals surface area (Å²) in [5.74, 6) is 0.544. The van der Waals surface area contributed by atoms with Gasteiger partial charge in [0.2, 0.25) is 5.91 Å². The maximum Gasteiger partial charge on any atom is 0.243 e. The SMILES string of the molecule is CCn1cc(C2=NNC(=O)[C@@H]3C[C@@H]23)cn1. The number of amides is 1. The molecule has 78 valence electrons. The van der Waals surface area contributed by atoms with Gasteiger partial charge in [0.05, 0.1) is 11.9 Å². The molecule has 1 aromatic rings. The molecule has 3 rings (SSSR count). The van der Waals surface area contributed by atoms with Crippen molar-refractivity contribution >= 4 is 11.6 Å². The van der Waals surface area contributed by atoms with Crippen molar-refractivity contribution in [3.8, 4) is 0 Å². The van der Waals surface area contributed by atoms with E-state index in [9.17, 15) is 4.79 Å². The molecule has 1 amide bonds. The largest absolute Gasteiger partial charge is 0.273 e. The van der Waals surface area contributed by atoms with Crippen molar-refractivity contribution in [3.05, 3.63) is 18.0 Å². The molecule has 0 saturated heterocycles. The van der Waals surface area contributed by atoms with Crippen molar-refractivity contribution in [2.45, 2.75) is 19.9 Å². The van der Waals surface area contributed by atoms with E-state index in [0.29, 0.717) is 5.92 Å². The lowest BCUT2D eigenvalue weighted by Gasteiger charge is -2.09. The first-order valence-electron chi connectivity index (χ1n) is 5.20. The number of aryl methyl sites for hydroxylation is 1. The van der Waals surface area contributed by atoms with Crippen molar-refractivity contribution in [2.24, 2.45) is 16.9 Å². The lowest BCUT2D eigenvalue weighted by Crippen LogP contribution is -2.28. The molecule has 1 saturated carbocycles. The molecule has 5 nitrogen and oxygen atoms in total. The Morgan fingerprint density at radius 1 is 1.60 bits per heavy atom. The van der Waals surface area contributed by atoms with Crippen LogP contribution in [0.3, 0.4) is 0 Å². The Kier molecular flexibility index (Phi) is 1.68. The van der Waals surface area contributed by atoms with Gasteiger partial charge in [-0.05, 0) is 13.3 Å². The summed E-state index contributed by atoms with van der Waals surface area (Å²) >= 11 is 0. The van der Waals surface area contributed by atoms with Crippen LogP contribution in [0.25, 0.3) is 0 Å². The smallest absolute Gasteiger partial charge is 0.243 e. The highest BCUT2D eigenvalue weighted by atomic mass is 16.2. The summed E-state index contributed by atoms with van der Waals surface area (Å²) in [6.07, 6.45) is 4.73. The molecule has 1 N–H and O–H groups in total. The van der Waals surface area contributed by atoms with Crippen LogP contribution in [0.2, 0.25) is 0 Å². The molecule has 15 heavy (non-hydrogen) atoms. The van der Waals surface area contributed by atoms with Crippen LogP contribution in [0.15, 0.2) is 17.5 Å². The number of carbonyl (C=O) groups is 1. The molecule has 1 aliphatic carbocycles. The lowest BCUT2D eigenvalue weighted by molar-refractivity contribution is -0.122. The van der Waals surface area contributed by atoms with Crippen LogP contribution >= 0.6 is 0 Å². The molecule has 2 atom stereocenters. The van der Waals surface area contributed by atoms with Crippen molar-refractivity contribution in [1.29, 1.82) is 0 Å². The molecule has 2 heterocycles. The second kappa shape index (κ2) is 2.92. The Balaban J connectivity index is 1.91. The molecule has 0 radical (unpaired) electrons. The molecule has 0 unspecified atom stereocenters. The Morgan fingerprint density at radius 3 is 3.20 bits per heavy atom.